The van der Waals surface area contributed by atoms with Crippen molar-refractivity contribution >= 4 is 38.2 Å². The van der Waals surface area contributed by atoms with Crippen molar-refractivity contribution in [2.75, 3.05) is 4.72 Å². The minimum Gasteiger partial charge on any atom is -0.320 e. The first kappa shape index (κ1) is 19.2. The lowest BCUT2D eigenvalue weighted by molar-refractivity contribution is 0.601. The third kappa shape index (κ3) is 3.77. The molecule has 3 aromatic carbocycles. The Bertz CT molecular complexity index is 1360. The highest BCUT2D eigenvalue weighted by Crippen LogP contribution is 2.34. The number of H-pyrrole nitrogens is 1. The average molecular weight is 425 g/mol. The van der Waals surface area contributed by atoms with Gasteiger partial charge in [-0.3, -0.25) is 9.52 Å². The number of halogens is 1. The lowest BCUT2D eigenvalue weighted by Crippen LogP contribution is -2.21. The fourth-order valence-electron chi connectivity index (χ4n) is 3.18. The molecule has 0 aliphatic heterocycles. The molecule has 0 saturated heterocycles. The van der Waals surface area contributed by atoms with Crippen LogP contribution in [0.1, 0.15) is 5.56 Å². The van der Waals surface area contributed by atoms with Crippen LogP contribution in [0.25, 0.3) is 22.0 Å². The number of hydrogen-bond donors (Lipinski definition) is 2. The van der Waals surface area contributed by atoms with E-state index >= 15 is 0 Å². The van der Waals surface area contributed by atoms with Crippen LogP contribution < -0.4 is 10.3 Å². The Morgan fingerprint density at radius 1 is 0.931 bits per heavy atom. The standard InChI is InChI=1S/C22H17ClN2O3S/c1-14-7-10-17(11-8-14)29(27,28)25-21-20(15-5-3-2-4-6-15)18-13-16(23)9-12-19(18)24-22(21)26/h2-13,25H,1H3,(H,24,26). The Kier molecular flexibility index (Phi) is 4.90. The number of aromatic amines is 1. The molecule has 7 heteroatoms. The van der Waals surface area contributed by atoms with E-state index in [4.69, 9.17) is 11.6 Å². The van der Waals surface area contributed by atoms with Gasteiger partial charge in [-0.1, -0.05) is 59.6 Å². The highest BCUT2D eigenvalue weighted by atomic mass is 35.5. The van der Waals surface area contributed by atoms with Crippen LogP contribution in [0.4, 0.5) is 5.69 Å². The molecule has 0 aliphatic rings. The van der Waals surface area contributed by atoms with Crippen molar-refractivity contribution in [1.82, 2.24) is 4.98 Å². The summed E-state index contributed by atoms with van der Waals surface area (Å²) in [5.41, 5.74) is 2.10. The molecule has 0 fully saturated rings. The normalized spacial score (nSPS) is 11.5. The topological polar surface area (TPSA) is 79.0 Å². The zero-order chi connectivity index (χ0) is 20.6. The monoisotopic (exact) mass is 424 g/mol. The highest BCUT2D eigenvalue weighted by molar-refractivity contribution is 7.92. The molecule has 0 aliphatic carbocycles. The van der Waals surface area contributed by atoms with Gasteiger partial charge < -0.3 is 4.98 Å². The number of hydrogen-bond acceptors (Lipinski definition) is 3. The zero-order valence-electron chi connectivity index (χ0n) is 15.4. The number of sulfonamides is 1. The van der Waals surface area contributed by atoms with Crippen molar-refractivity contribution in [2.45, 2.75) is 11.8 Å². The first-order valence-electron chi connectivity index (χ1n) is 8.85. The summed E-state index contributed by atoms with van der Waals surface area (Å²) < 4.78 is 28.4. The van der Waals surface area contributed by atoms with Gasteiger partial charge >= 0.3 is 0 Å². The summed E-state index contributed by atoms with van der Waals surface area (Å²) in [6.45, 7) is 1.87. The first-order valence-corrected chi connectivity index (χ1v) is 10.7. The van der Waals surface area contributed by atoms with Crippen molar-refractivity contribution in [3.05, 3.63) is 93.7 Å². The van der Waals surface area contributed by atoms with E-state index in [-0.39, 0.29) is 10.6 Å². The van der Waals surface area contributed by atoms with Crippen molar-refractivity contribution in [1.29, 1.82) is 0 Å². The van der Waals surface area contributed by atoms with E-state index in [1.165, 1.54) is 12.1 Å². The summed E-state index contributed by atoms with van der Waals surface area (Å²) in [4.78, 5) is 15.7. The fraction of sp³-hybridized carbons (Fsp3) is 0.0455. The summed E-state index contributed by atoms with van der Waals surface area (Å²) in [7, 11) is -3.96. The Labute approximate surface area is 173 Å². The molecule has 4 aromatic rings. The predicted octanol–water partition coefficient (Wildman–Crippen LogP) is 4.96. The molecule has 1 heterocycles. The average Bonchev–Trinajstić information content (AvgIpc) is 2.70. The van der Waals surface area contributed by atoms with Gasteiger partial charge in [-0.15, -0.1) is 0 Å². The van der Waals surface area contributed by atoms with E-state index in [0.29, 0.717) is 27.1 Å². The molecule has 0 saturated carbocycles. The van der Waals surface area contributed by atoms with Gasteiger partial charge in [0.15, 0.2) is 0 Å². The van der Waals surface area contributed by atoms with Crippen molar-refractivity contribution < 1.29 is 8.42 Å². The van der Waals surface area contributed by atoms with Gasteiger partial charge in [0.2, 0.25) is 0 Å². The third-order valence-electron chi connectivity index (χ3n) is 4.61. The number of aryl methyl sites for hydroxylation is 1. The van der Waals surface area contributed by atoms with Crippen LogP contribution >= 0.6 is 11.6 Å². The fourth-order valence-corrected chi connectivity index (χ4v) is 4.43. The quantitative estimate of drug-likeness (QED) is 0.486. The van der Waals surface area contributed by atoms with Crippen molar-refractivity contribution in [2.24, 2.45) is 0 Å². The maximum atomic E-state index is 13.0. The molecule has 0 amide bonds. The van der Waals surface area contributed by atoms with Gasteiger partial charge in [0, 0.05) is 21.5 Å². The summed E-state index contributed by atoms with van der Waals surface area (Å²) in [5, 5.41) is 1.12. The number of nitrogens with one attached hydrogen (secondary N) is 2. The number of benzene rings is 3. The van der Waals surface area contributed by atoms with E-state index in [2.05, 4.69) is 9.71 Å². The maximum Gasteiger partial charge on any atom is 0.273 e. The van der Waals surface area contributed by atoms with E-state index < -0.39 is 15.6 Å². The van der Waals surface area contributed by atoms with E-state index in [0.717, 1.165) is 5.56 Å². The number of aromatic nitrogens is 1. The molecule has 0 radical (unpaired) electrons. The van der Waals surface area contributed by atoms with E-state index in [1.54, 1.807) is 30.3 Å². The van der Waals surface area contributed by atoms with Crippen LogP contribution in [0, 0.1) is 6.92 Å². The van der Waals surface area contributed by atoms with Gasteiger partial charge in [0.05, 0.1) is 4.90 Å². The lowest BCUT2D eigenvalue weighted by atomic mass is 10.00. The molecule has 146 valence electrons. The Morgan fingerprint density at radius 2 is 1.62 bits per heavy atom. The van der Waals surface area contributed by atoms with Gasteiger partial charge in [0.25, 0.3) is 15.6 Å². The molecule has 2 N–H and O–H groups in total. The van der Waals surface area contributed by atoms with Crippen LogP contribution in [0.5, 0.6) is 0 Å². The maximum absolute atomic E-state index is 13.0. The lowest BCUT2D eigenvalue weighted by Gasteiger charge is -2.15. The Balaban J connectivity index is 1.98. The van der Waals surface area contributed by atoms with Gasteiger partial charge in [-0.25, -0.2) is 8.42 Å². The molecule has 0 spiro atoms. The summed E-state index contributed by atoms with van der Waals surface area (Å²) >= 11 is 6.18. The minimum absolute atomic E-state index is 0.0495. The molecular weight excluding hydrogens is 408 g/mol. The van der Waals surface area contributed by atoms with E-state index in [9.17, 15) is 13.2 Å². The second-order valence-corrected chi connectivity index (χ2v) is 8.80. The smallest absolute Gasteiger partial charge is 0.273 e. The van der Waals surface area contributed by atoms with Gasteiger partial charge in [0.1, 0.15) is 5.69 Å². The summed E-state index contributed by atoms with van der Waals surface area (Å²) in [6.07, 6.45) is 0. The first-order chi connectivity index (χ1) is 13.8. The molecule has 0 bridgehead atoms. The number of rotatable bonds is 4. The second-order valence-electron chi connectivity index (χ2n) is 6.68. The van der Waals surface area contributed by atoms with Gasteiger partial charge in [-0.2, -0.15) is 0 Å². The molecule has 0 unspecified atom stereocenters. The molecular formula is C22H17ClN2O3S. The third-order valence-corrected chi connectivity index (χ3v) is 6.21. The molecule has 1 aromatic heterocycles. The summed E-state index contributed by atoms with van der Waals surface area (Å²) in [6, 6.07) is 20.6. The number of pyridine rings is 1. The molecule has 29 heavy (non-hydrogen) atoms. The van der Waals surface area contributed by atoms with Crippen LogP contribution in [0.2, 0.25) is 5.02 Å². The number of fused-ring (bicyclic) bond motifs is 1. The molecule has 0 atom stereocenters. The second kappa shape index (κ2) is 7.39. The Hall–Kier alpha value is -3.09. The van der Waals surface area contributed by atoms with Crippen molar-refractivity contribution in [3.8, 4) is 11.1 Å². The molecule has 4 rings (SSSR count). The predicted molar refractivity (Wildman–Crippen MR) is 117 cm³/mol. The van der Waals surface area contributed by atoms with Crippen LogP contribution in [-0.4, -0.2) is 13.4 Å². The van der Waals surface area contributed by atoms with Crippen LogP contribution in [-0.2, 0) is 10.0 Å². The Morgan fingerprint density at radius 3 is 2.31 bits per heavy atom. The largest absolute Gasteiger partial charge is 0.320 e. The molecule has 5 nitrogen and oxygen atoms in total. The minimum atomic E-state index is -3.96. The van der Waals surface area contributed by atoms with Crippen LogP contribution in [0.3, 0.4) is 0 Å². The van der Waals surface area contributed by atoms with Crippen molar-refractivity contribution in [3.63, 3.8) is 0 Å². The summed E-state index contributed by atoms with van der Waals surface area (Å²) in [5.74, 6) is 0. The van der Waals surface area contributed by atoms with Gasteiger partial charge in [-0.05, 0) is 42.8 Å². The zero-order valence-corrected chi connectivity index (χ0v) is 17.0. The SMILES string of the molecule is Cc1ccc(S(=O)(=O)Nc2c(-c3ccccc3)c3cc(Cl)ccc3[nH]c2=O)cc1. The van der Waals surface area contributed by atoms with E-state index in [1.807, 2.05) is 37.3 Å². The number of anilines is 1. The highest BCUT2D eigenvalue weighted by Gasteiger charge is 2.21. The van der Waals surface area contributed by atoms with Crippen LogP contribution in [0.15, 0.2) is 82.5 Å².